The van der Waals surface area contributed by atoms with Crippen LogP contribution in [0.15, 0.2) is 18.2 Å². The summed E-state index contributed by atoms with van der Waals surface area (Å²) in [6.07, 6.45) is 10.3. The van der Waals surface area contributed by atoms with Gasteiger partial charge in [0.25, 0.3) is 0 Å². The normalized spacial score (nSPS) is 9.65. The van der Waals surface area contributed by atoms with Gasteiger partial charge >= 0.3 is 0 Å². The first-order chi connectivity index (χ1) is 9.27. The minimum absolute atomic E-state index is 0. The van der Waals surface area contributed by atoms with Gasteiger partial charge in [0.05, 0.1) is 0 Å². The highest BCUT2D eigenvalue weighted by molar-refractivity contribution is 6.30. The molecule has 1 rings (SSSR count). The van der Waals surface area contributed by atoms with Crippen LogP contribution in [0.2, 0.25) is 5.02 Å². The molecule has 1 aromatic rings. The molecule has 0 aromatic heterocycles. The molecule has 0 aliphatic rings. The van der Waals surface area contributed by atoms with E-state index >= 15 is 0 Å². The summed E-state index contributed by atoms with van der Waals surface area (Å²) in [6, 6.07) is 5.61. The number of unbranched alkanes of at least 4 members (excludes halogenated alkanes) is 3. The monoisotopic (exact) mass is 315 g/mol. The standard InChI is InChI=1S/C16H22ClNO.ClH/c1-3-5-6-7-10-18-13-14-12-15(17)8-9-16(14)19-11-4-2;/h2,8-9,12,18H,3,5-7,10-11,13H2,1H3;1H. The maximum atomic E-state index is 6.01. The predicted octanol–water partition coefficient (Wildman–Crippen LogP) is 4.44. The molecule has 112 valence electrons. The third-order valence-corrected chi connectivity index (χ3v) is 3.09. The maximum Gasteiger partial charge on any atom is 0.148 e. The number of hydrogen-bond donors (Lipinski definition) is 1. The van der Waals surface area contributed by atoms with E-state index in [0.717, 1.165) is 29.4 Å². The van der Waals surface area contributed by atoms with Crippen molar-refractivity contribution in [2.24, 2.45) is 0 Å². The number of halogens is 2. The lowest BCUT2D eigenvalue weighted by molar-refractivity contribution is 0.364. The van der Waals surface area contributed by atoms with Crippen LogP contribution in [-0.4, -0.2) is 13.2 Å². The largest absolute Gasteiger partial charge is 0.481 e. The van der Waals surface area contributed by atoms with Crippen molar-refractivity contribution in [3.63, 3.8) is 0 Å². The van der Waals surface area contributed by atoms with Crippen LogP contribution >= 0.6 is 24.0 Å². The Hall–Kier alpha value is -0.880. The number of hydrogen-bond acceptors (Lipinski definition) is 2. The van der Waals surface area contributed by atoms with E-state index in [-0.39, 0.29) is 19.0 Å². The molecule has 20 heavy (non-hydrogen) atoms. The Bertz CT molecular complexity index is 415. The van der Waals surface area contributed by atoms with Gasteiger partial charge in [0.2, 0.25) is 0 Å². The molecule has 0 aliphatic carbocycles. The average molecular weight is 316 g/mol. The highest BCUT2D eigenvalue weighted by atomic mass is 35.5. The number of nitrogens with one attached hydrogen (secondary N) is 1. The molecule has 0 saturated carbocycles. The van der Waals surface area contributed by atoms with E-state index in [1.807, 2.05) is 18.2 Å². The van der Waals surface area contributed by atoms with Crippen LogP contribution in [0.25, 0.3) is 0 Å². The van der Waals surface area contributed by atoms with Crippen molar-refractivity contribution in [2.75, 3.05) is 13.2 Å². The molecule has 0 bridgehead atoms. The Labute approximate surface area is 133 Å². The van der Waals surface area contributed by atoms with Gasteiger partial charge in [-0.05, 0) is 31.2 Å². The summed E-state index contributed by atoms with van der Waals surface area (Å²) in [5.41, 5.74) is 1.05. The number of ether oxygens (including phenoxy) is 1. The minimum atomic E-state index is 0. The third-order valence-electron chi connectivity index (χ3n) is 2.86. The van der Waals surface area contributed by atoms with E-state index in [9.17, 15) is 0 Å². The molecule has 0 atom stereocenters. The Morgan fingerprint density at radius 3 is 2.80 bits per heavy atom. The van der Waals surface area contributed by atoms with E-state index < -0.39 is 0 Å². The highest BCUT2D eigenvalue weighted by Gasteiger charge is 2.04. The maximum absolute atomic E-state index is 6.01. The quantitative estimate of drug-likeness (QED) is 0.537. The fourth-order valence-electron chi connectivity index (χ4n) is 1.85. The van der Waals surface area contributed by atoms with Crippen molar-refractivity contribution >= 4 is 24.0 Å². The Balaban J connectivity index is 0.00000361. The number of benzene rings is 1. The molecule has 0 heterocycles. The molecule has 4 heteroatoms. The van der Waals surface area contributed by atoms with Crippen LogP contribution in [0.5, 0.6) is 5.75 Å². The molecule has 0 amide bonds. The van der Waals surface area contributed by atoms with Crippen molar-refractivity contribution in [2.45, 2.75) is 39.2 Å². The van der Waals surface area contributed by atoms with Crippen molar-refractivity contribution < 1.29 is 4.74 Å². The van der Waals surface area contributed by atoms with Gasteiger partial charge in [0.15, 0.2) is 0 Å². The van der Waals surface area contributed by atoms with Crippen molar-refractivity contribution in [3.05, 3.63) is 28.8 Å². The lowest BCUT2D eigenvalue weighted by Crippen LogP contribution is -2.15. The summed E-state index contributed by atoms with van der Waals surface area (Å²) >= 11 is 6.01. The fourth-order valence-corrected chi connectivity index (χ4v) is 2.04. The van der Waals surface area contributed by atoms with Gasteiger partial charge in [-0.3, -0.25) is 0 Å². The van der Waals surface area contributed by atoms with Gasteiger partial charge in [-0.25, -0.2) is 0 Å². The van der Waals surface area contributed by atoms with Crippen molar-refractivity contribution in [1.82, 2.24) is 5.32 Å². The second kappa shape index (κ2) is 11.9. The molecular formula is C16H23Cl2NO. The molecule has 0 saturated heterocycles. The highest BCUT2D eigenvalue weighted by Crippen LogP contribution is 2.22. The zero-order chi connectivity index (χ0) is 13.9. The first-order valence-electron chi connectivity index (χ1n) is 6.83. The lowest BCUT2D eigenvalue weighted by atomic mass is 10.2. The van der Waals surface area contributed by atoms with E-state index in [2.05, 4.69) is 18.2 Å². The first-order valence-corrected chi connectivity index (χ1v) is 7.21. The Morgan fingerprint density at radius 1 is 1.30 bits per heavy atom. The Kier molecular flexibility index (Phi) is 11.4. The van der Waals surface area contributed by atoms with Gasteiger partial charge in [0.1, 0.15) is 12.4 Å². The van der Waals surface area contributed by atoms with Crippen LogP contribution in [0, 0.1) is 12.3 Å². The first kappa shape index (κ1) is 19.1. The average Bonchev–Trinajstić information content (AvgIpc) is 2.42. The molecule has 0 fully saturated rings. The van der Waals surface area contributed by atoms with Gasteiger partial charge in [-0.2, -0.15) is 0 Å². The molecule has 2 nitrogen and oxygen atoms in total. The smallest absolute Gasteiger partial charge is 0.148 e. The van der Waals surface area contributed by atoms with E-state index in [0.29, 0.717) is 0 Å². The topological polar surface area (TPSA) is 21.3 Å². The van der Waals surface area contributed by atoms with Crippen LogP contribution in [0.4, 0.5) is 0 Å². The molecule has 1 aromatic carbocycles. The van der Waals surface area contributed by atoms with Crippen LogP contribution in [0.3, 0.4) is 0 Å². The van der Waals surface area contributed by atoms with Crippen molar-refractivity contribution in [1.29, 1.82) is 0 Å². The molecule has 0 aliphatic heterocycles. The molecule has 0 spiro atoms. The summed E-state index contributed by atoms with van der Waals surface area (Å²) < 4.78 is 5.50. The van der Waals surface area contributed by atoms with Crippen LogP contribution in [-0.2, 0) is 6.54 Å². The van der Waals surface area contributed by atoms with Gasteiger partial charge in [-0.1, -0.05) is 43.7 Å². The van der Waals surface area contributed by atoms with E-state index in [4.69, 9.17) is 22.8 Å². The van der Waals surface area contributed by atoms with Crippen molar-refractivity contribution in [3.8, 4) is 18.1 Å². The van der Waals surface area contributed by atoms with Crippen LogP contribution < -0.4 is 10.1 Å². The lowest BCUT2D eigenvalue weighted by Gasteiger charge is -2.11. The minimum Gasteiger partial charge on any atom is -0.481 e. The zero-order valence-electron chi connectivity index (χ0n) is 12.0. The molecule has 0 unspecified atom stereocenters. The second-order valence-electron chi connectivity index (χ2n) is 4.48. The predicted molar refractivity (Wildman–Crippen MR) is 88.9 cm³/mol. The van der Waals surface area contributed by atoms with Crippen LogP contribution in [0.1, 0.15) is 38.2 Å². The molecular weight excluding hydrogens is 293 g/mol. The third kappa shape index (κ3) is 7.65. The SMILES string of the molecule is C#CCOc1ccc(Cl)cc1CNCCCCCC.Cl. The summed E-state index contributed by atoms with van der Waals surface area (Å²) in [5.74, 6) is 3.28. The summed E-state index contributed by atoms with van der Waals surface area (Å²) in [5, 5.41) is 4.13. The zero-order valence-corrected chi connectivity index (χ0v) is 13.5. The van der Waals surface area contributed by atoms with E-state index in [1.54, 1.807) is 0 Å². The van der Waals surface area contributed by atoms with Gasteiger partial charge in [0, 0.05) is 17.1 Å². The number of rotatable bonds is 9. The number of terminal acetylenes is 1. The Morgan fingerprint density at radius 2 is 2.10 bits per heavy atom. The summed E-state index contributed by atoms with van der Waals surface area (Å²) in [4.78, 5) is 0. The van der Waals surface area contributed by atoms with Gasteiger partial charge in [-0.15, -0.1) is 18.8 Å². The van der Waals surface area contributed by atoms with Gasteiger partial charge < -0.3 is 10.1 Å². The summed E-state index contributed by atoms with van der Waals surface area (Å²) in [7, 11) is 0. The fraction of sp³-hybridized carbons (Fsp3) is 0.500. The molecule has 0 radical (unpaired) electrons. The summed E-state index contributed by atoms with van der Waals surface area (Å²) in [6.45, 7) is 4.27. The van der Waals surface area contributed by atoms with E-state index in [1.165, 1.54) is 25.7 Å². The second-order valence-corrected chi connectivity index (χ2v) is 4.92. The molecule has 1 N–H and O–H groups in total.